The predicted molar refractivity (Wildman–Crippen MR) is 84.2 cm³/mol. The van der Waals surface area contributed by atoms with Gasteiger partial charge in [-0.15, -0.1) is 0 Å². The monoisotopic (exact) mass is 262 g/mol. The van der Waals surface area contributed by atoms with Crippen molar-refractivity contribution in [3.05, 3.63) is 84.7 Å². The van der Waals surface area contributed by atoms with E-state index in [2.05, 4.69) is 77.7 Å². The van der Waals surface area contributed by atoms with E-state index in [0.29, 0.717) is 0 Å². The average molecular weight is 262 g/mol. The molecule has 0 aliphatic rings. The minimum absolute atomic E-state index is 0.288. The topological polar surface area (TPSA) is 17.0 Å². The molecule has 0 spiro atoms. The molecule has 1 heterocycles. The molecule has 3 rings (SSSR count). The van der Waals surface area contributed by atoms with Crippen LogP contribution in [-0.2, 0) is 0 Å². The summed E-state index contributed by atoms with van der Waals surface area (Å²) in [5, 5.41) is 3.55. The Kier molecular flexibility index (Phi) is 3.55. The Hall–Kier alpha value is -2.48. The lowest BCUT2D eigenvalue weighted by atomic mass is 10.1. The maximum Gasteiger partial charge on any atom is 0.0485 e. The van der Waals surface area contributed by atoms with Crippen molar-refractivity contribution in [1.82, 2.24) is 4.57 Å². The number of benzene rings is 2. The lowest BCUT2D eigenvalue weighted by Crippen LogP contribution is -2.06. The molecule has 0 aliphatic carbocycles. The molecule has 0 bridgehead atoms. The lowest BCUT2D eigenvalue weighted by molar-refractivity contribution is 0.884. The van der Waals surface area contributed by atoms with Crippen LogP contribution in [0.4, 0.5) is 5.69 Å². The number of hydrogen-bond acceptors (Lipinski definition) is 1. The van der Waals surface area contributed by atoms with Gasteiger partial charge in [-0.1, -0.05) is 36.4 Å². The molecule has 0 radical (unpaired) electrons. The predicted octanol–water partition coefficient (Wildman–Crippen LogP) is 4.65. The lowest BCUT2D eigenvalue weighted by Gasteiger charge is -2.16. The number of hydrogen-bond donors (Lipinski definition) is 1. The van der Waals surface area contributed by atoms with Gasteiger partial charge in [0.05, 0.1) is 0 Å². The Balaban J connectivity index is 1.80. The SMILES string of the molecule is CC(Nc1cccc(-n2cccc2)c1)c1ccccc1. The summed E-state index contributed by atoms with van der Waals surface area (Å²) in [5.41, 5.74) is 3.59. The highest BCUT2D eigenvalue weighted by atomic mass is 15.0. The first-order valence-corrected chi connectivity index (χ1v) is 6.88. The number of rotatable bonds is 4. The minimum atomic E-state index is 0.288. The summed E-state index contributed by atoms with van der Waals surface area (Å²) in [6.07, 6.45) is 4.11. The summed E-state index contributed by atoms with van der Waals surface area (Å²) in [7, 11) is 0. The normalized spacial score (nSPS) is 12.1. The van der Waals surface area contributed by atoms with Crippen molar-refractivity contribution in [2.24, 2.45) is 0 Å². The molecule has 1 unspecified atom stereocenters. The Bertz CT molecular complexity index is 657. The first-order chi connectivity index (χ1) is 9.83. The number of nitrogens with one attached hydrogen (secondary N) is 1. The van der Waals surface area contributed by atoms with E-state index in [0.717, 1.165) is 5.69 Å². The van der Waals surface area contributed by atoms with E-state index in [1.165, 1.54) is 11.3 Å². The van der Waals surface area contributed by atoms with E-state index in [1.807, 2.05) is 18.2 Å². The van der Waals surface area contributed by atoms with Crippen molar-refractivity contribution in [3.8, 4) is 5.69 Å². The minimum Gasteiger partial charge on any atom is -0.378 e. The highest BCUT2D eigenvalue weighted by Crippen LogP contribution is 2.21. The number of nitrogens with zero attached hydrogens (tertiary/aromatic N) is 1. The first kappa shape index (κ1) is 12.5. The fourth-order valence-electron chi connectivity index (χ4n) is 2.34. The van der Waals surface area contributed by atoms with Crippen LogP contribution in [0.25, 0.3) is 5.69 Å². The van der Waals surface area contributed by atoms with E-state index >= 15 is 0 Å². The van der Waals surface area contributed by atoms with Crippen molar-refractivity contribution in [3.63, 3.8) is 0 Å². The Labute approximate surface area is 119 Å². The van der Waals surface area contributed by atoms with Gasteiger partial charge in [-0.3, -0.25) is 0 Å². The van der Waals surface area contributed by atoms with Crippen LogP contribution >= 0.6 is 0 Å². The van der Waals surface area contributed by atoms with E-state index in [1.54, 1.807) is 0 Å². The first-order valence-electron chi connectivity index (χ1n) is 6.88. The second-order valence-electron chi connectivity index (χ2n) is 4.92. The van der Waals surface area contributed by atoms with Crippen LogP contribution < -0.4 is 5.32 Å². The average Bonchev–Trinajstić information content (AvgIpc) is 3.03. The quantitative estimate of drug-likeness (QED) is 0.724. The molecule has 2 heteroatoms. The van der Waals surface area contributed by atoms with Crippen LogP contribution in [0.3, 0.4) is 0 Å². The van der Waals surface area contributed by atoms with Crippen molar-refractivity contribution >= 4 is 5.69 Å². The second-order valence-corrected chi connectivity index (χ2v) is 4.92. The zero-order valence-corrected chi connectivity index (χ0v) is 11.5. The molecule has 1 atom stereocenters. The summed E-state index contributed by atoms with van der Waals surface area (Å²) >= 11 is 0. The summed E-state index contributed by atoms with van der Waals surface area (Å²) in [6, 6.07) is 23.3. The third-order valence-corrected chi connectivity index (χ3v) is 3.43. The molecule has 100 valence electrons. The van der Waals surface area contributed by atoms with Crippen LogP contribution in [-0.4, -0.2) is 4.57 Å². The van der Waals surface area contributed by atoms with E-state index in [-0.39, 0.29) is 6.04 Å². The molecule has 3 aromatic rings. The van der Waals surface area contributed by atoms with Gasteiger partial charge in [-0.2, -0.15) is 0 Å². The van der Waals surface area contributed by atoms with Crippen LogP contribution in [0.15, 0.2) is 79.1 Å². The van der Waals surface area contributed by atoms with Crippen LogP contribution in [0.2, 0.25) is 0 Å². The van der Waals surface area contributed by atoms with Crippen molar-refractivity contribution in [2.75, 3.05) is 5.32 Å². The van der Waals surface area contributed by atoms with E-state index in [4.69, 9.17) is 0 Å². The van der Waals surface area contributed by atoms with Gasteiger partial charge >= 0.3 is 0 Å². The largest absolute Gasteiger partial charge is 0.378 e. The van der Waals surface area contributed by atoms with Gasteiger partial charge in [-0.25, -0.2) is 0 Å². The van der Waals surface area contributed by atoms with Gasteiger partial charge in [0.1, 0.15) is 0 Å². The van der Waals surface area contributed by atoms with Crippen LogP contribution in [0.1, 0.15) is 18.5 Å². The van der Waals surface area contributed by atoms with Gasteiger partial charge < -0.3 is 9.88 Å². The molecular weight excluding hydrogens is 244 g/mol. The molecule has 2 aromatic carbocycles. The van der Waals surface area contributed by atoms with E-state index in [9.17, 15) is 0 Å². The molecule has 20 heavy (non-hydrogen) atoms. The van der Waals surface area contributed by atoms with Crippen molar-refractivity contribution < 1.29 is 0 Å². The molecule has 1 N–H and O–H groups in total. The molecule has 0 saturated heterocycles. The number of anilines is 1. The molecule has 0 saturated carbocycles. The molecular formula is C18H18N2. The fraction of sp³-hybridized carbons (Fsp3) is 0.111. The van der Waals surface area contributed by atoms with Gasteiger partial charge in [0, 0.05) is 29.8 Å². The molecule has 0 fully saturated rings. The smallest absolute Gasteiger partial charge is 0.0485 e. The third-order valence-electron chi connectivity index (χ3n) is 3.43. The highest BCUT2D eigenvalue weighted by Gasteiger charge is 2.05. The van der Waals surface area contributed by atoms with Crippen molar-refractivity contribution in [1.29, 1.82) is 0 Å². The maximum absolute atomic E-state index is 3.55. The summed E-state index contributed by atoms with van der Waals surface area (Å²) < 4.78 is 2.11. The van der Waals surface area contributed by atoms with E-state index < -0.39 is 0 Å². The second kappa shape index (κ2) is 5.66. The zero-order chi connectivity index (χ0) is 13.8. The Morgan fingerprint density at radius 3 is 2.35 bits per heavy atom. The molecule has 0 aliphatic heterocycles. The Morgan fingerprint density at radius 2 is 1.60 bits per heavy atom. The van der Waals surface area contributed by atoms with Crippen LogP contribution in [0.5, 0.6) is 0 Å². The molecule has 2 nitrogen and oxygen atoms in total. The highest BCUT2D eigenvalue weighted by molar-refractivity contribution is 5.52. The van der Waals surface area contributed by atoms with Gasteiger partial charge in [0.2, 0.25) is 0 Å². The zero-order valence-electron chi connectivity index (χ0n) is 11.5. The molecule has 1 aromatic heterocycles. The Morgan fingerprint density at radius 1 is 0.850 bits per heavy atom. The number of aromatic nitrogens is 1. The van der Waals surface area contributed by atoms with Crippen LogP contribution in [0, 0.1) is 0 Å². The fourth-order valence-corrected chi connectivity index (χ4v) is 2.34. The summed E-state index contributed by atoms with van der Waals surface area (Å²) in [4.78, 5) is 0. The van der Waals surface area contributed by atoms with Gasteiger partial charge in [0.25, 0.3) is 0 Å². The maximum atomic E-state index is 3.55. The summed E-state index contributed by atoms with van der Waals surface area (Å²) in [6.45, 7) is 2.18. The third kappa shape index (κ3) is 2.75. The molecule has 0 amide bonds. The summed E-state index contributed by atoms with van der Waals surface area (Å²) in [5.74, 6) is 0. The van der Waals surface area contributed by atoms with Gasteiger partial charge in [-0.05, 0) is 42.8 Å². The van der Waals surface area contributed by atoms with Crippen molar-refractivity contribution in [2.45, 2.75) is 13.0 Å². The van der Waals surface area contributed by atoms with Gasteiger partial charge in [0.15, 0.2) is 0 Å². The standard InChI is InChI=1S/C18H18N2/c1-15(16-8-3-2-4-9-16)19-17-10-7-11-18(14-17)20-12-5-6-13-20/h2-15,19H,1H3.